The minimum atomic E-state index is -0.399. The number of carbonyl (C=O) groups excluding carboxylic acids is 1. The average Bonchev–Trinajstić information content (AvgIpc) is 2.56. The first-order valence-corrected chi connectivity index (χ1v) is 4.72. The fourth-order valence-electron chi connectivity index (χ4n) is 1.65. The summed E-state index contributed by atoms with van der Waals surface area (Å²) >= 11 is 0. The third kappa shape index (κ3) is 1.61. The molecule has 1 aromatic heterocycles. The van der Waals surface area contributed by atoms with Crippen LogP contribution in [0.1, 0.15) is 11.6 Å². The molecule has 1 unspecified atom stereocenters. The summed E-state index contributed by atoms with van der Waals surface area (Å²) < 4.78 is 0. The van der Waals surface area contributed by atoms with E-state index in [0.717, 1.165) is 5.56 Å². The van der Waals surface area contributed by atoms with E-state index in [1.165, 1.54) is 4.90 Å². The molecule has 0 fully saturated rings. The number of terminal acetylenes is 1. The molecule has 16 heavy (non-hydrogen) atoms. The van der Waals surface area contributed by atoms with Crippen molar-refractivity contribution in [3.8, 4) is 12.3 Å². The molecule has 2 heterocycles. The van der Waals surface area contributed by atoms with Crippen LogP contribution in [0.3, 0.4) is 0 Å². The van der Waals surface area contributed by atoms with Gasteiger partial charge in [-0.1, -0.05) is 12.0 Å². The van der Waals surface area contributed by atoms with E-state index >= 15 is 0 Å². The van der Waals surface area contributed by atoms with E-state index in [2.05, 4.69) is 15.9 Å². The summed E-state index contributed by atoms with van der Waals surface area (Å²) in [5, 5.41) is 0. The lowest BCUT2D eigenvalue weighted by Gasteiger charge is -2.21. The number of urea groups is 1. The third-order valence-electron chi connectivity index (χ3n) is 2.32. The van der Waals surface area contributed by atoms with Crippen molar-refractivity contribution in [1.82, 2.24) is 9.88 Å². The molecule has 80 valence electrons. The van der Waals surface area contributed by atoms with Gasteiger partial charge >= 0.3 is 6.03 Å². The molecule has 0 radical (unpaired) electrons. The number of amidine groups is 1. The van der Waals surface area contributed by atoms with Gasteiger partial charge in [0.2, 0.25) is 0 Å². The molecular weight excluding hydrogens is 204 g/mol. The highest BCUT2D eigenvalue weighted by Crippen LogP contribution is 2.25. The Morgan fingerprint density at radius 2 is 2.44 bits per heavy atom. The van der Waals surface area contributed by atoms with Crippen LogP contribution in [0.15, 0.2) is 29.5 Å². The van der Waals surface area contributed by atoms with E-state index in [-0.39, 0.29) is 12.4 Å². The van der Waals surface area contributed by atoms with Crippen LogP contribution >= 0.6 is 0 Å². The summed E-state index contributed by atoms with van der Waals surface area (Å²) in [7, 11) is 0. The van der Waals surface area contributed by atoms with Crippen molar-refractivity contribution in [3.05, 3.63) is 30.1 Å². The monoisotopic (exact) mass is 214 g/mol. The lowest BCUT2D eigenvalue weighted by Crippen LogP contribution is -2.33. The number of aromatic nitrogens is 1. The van der Waals surface area contributed by atoms with Gasteiger partial charge in [0.05, 0.1) is 6.54 Å². The van der Waals surface area contributed by atoms with E-state index in [1.807, 2.05) is 6.07 Å². The van der Waals surface area contributed by atoms with Gasteiger partial charge in [-0.15, -0.1) is 6.42 Å². The average molecular weight is 214 g/mol. The van der Waals surface area contributed by atoms with Gasteiger partial charge in [-0.3, -0.25) is 9.88 Å². The highest BCUT2D eigenvalue weighted by Gasteiger charge is 2.33. The minimum Gasteiger partial charge on any atom is -0.385 e. The molecule has 0 aliphatic carbocycles. The Hall–Kier alpha value is -2.35. The molecule has 0 saturated carbocycles. The summed E-state index contributed by atoms with van der Waals surface area (Å²) in [4.78, 5) is 20.6. The summed E-state index contributed by atoms with van der Waals surface area (Å²) in [5.41, 5.74) is 6.52. The molecule has 1 atom stereocenters. The second-order valence-electron chi connectivity index (χ2n) is 3.34. The van der Waals surface area contributed by atoms with Gasteiger partial charge in [-0.05, 0) is 6.07 Å². The van der Waals surface area contributed by atoms with Crippen molar-refractivity contribution in [2.45, 2.75) is 6.04 Å². The van der Waals surface area contributed by atoms with Gasteiger partial charge in [0.15, 0.2) is 0 Å². The standard InChI is InChI=1S/C11H10N4O/c1-2-6-15-9(10(12)14-11(15)16)8-4-3-5-13-7-8/h1,3-5,7,9H,6H2,(H2,12,14,16). The number of hydrogen-bond acceptors (Lipinski definition) is 3. The zero-order valence-electron chi connectivity index (χ0n) is 8.50. The van der Waals surface area contributed by atoms with Gasteiger partial charge in [-0.25, -0.2) is 4.79 Å². The Morgan fingerprint density at radius 3 is 3.06 bits per heavy atom. The van der Waals surface area contributed by atoms with Gasteiger partial charge in [0.1, 0.15) is 11.9 Å². The van der Waals surface area contributed by atoms with Crippen molar-refractivity contribution in [2.24, 2.45) is 10.7 Å². The first-order valence-electron chi connectivity index (χ1n) is 4.72. The molecule has 1 aromatic rings. The lowest BCUT2D eigenvalue weighted by atomic mass is 10.1. The van der Waals surface area contributed by atoms with Crippen LogP contribution in [0.2, 0.25) is 0 Å². The lowest BCUT2D eigenvalue weighted by molar-refractivity contribution is 0.213. The molecular formula is C11H10N4O. The molecule has 0 spiro atoms. The van der Waals surface area contributed by atoms with Crippen LogP contribution in [-0.2, 0) is 0 Å². The number of nitrogens with two attached hydrogens (primary N) is 1. The molecule has 0 saturated heterocycles. The molecule has 5 nitrogen and oxygen atoms in total. The van der Waals surface area contributed by atoms with Crippen molar-refractivity contribution >= 4 is 11.9 Å². The smallest absolute Gasteiger partial charge is 0.346 e. The van der Waals surface area contributed by atoms with E-state index < -0.39 is 12.1 Å². The fraction of sp³-hybridized carbons (Fsp3) is 0.182. The van der Waals surface area contributed by atoms with E-state index in [4.69, 9.17) is 12.2 Å². The number of amides is 2. The van der Waals surface area contributed by atoms with Crippen LogP contribution in [0, 0.1) is 12.3 Å². The van der Waals surface area contributed by atoms with E-state index in [0.29, 0.717) is 0 Å². The third-order valence-corrected chi connectivity index (χ3v) is 2.32. The first kappa shape index (κ1) is 10.2. The number of nitrogens with zero attached hydrogens (tertiary/aromatic N) is 3. The highest BCUT2D eigenvalue weighted by molar-refractivity contribution is 6.03. The van der Waals surface area contributed by atoms with Gasteiger partial charge in [-0.2, -0.15) is 4.99 Å². The van der Waals surface area contributed by atoms with Gasteiger partial charge in [0.25, 0.3) is 0 Å². The largest absolute Gasteiger partial charge is 0.385 e. The first-order chi connectivity index (χ1) is 7.74. The summed E-state index contributed by atoms with van der Waals surface area (Å²) in [6.07, 6.45) is 8.50. The quantitative estimate of drug-likeness (QED) is 0.731. The topological polar surface area (TPSA) is 71.6 Å². The number of carbonyl (C=O) groups is 1. The Bertz CT molecular complexity index is 475. The molecule has 2 rings (SSSR count). The Labute approximate surface area is 93.0 Å². The maximum Gasteiger partial charge on any atom is 0.346 e. The molecule has 0 bridgehead atoms. The van der Waals surface area contributed by atoms with Crippen molar-refractivity contribution in [1.29, 1.82) is 0 Å². The van der Waals surface area contributed by atoms with Crippen molar-refractivity contribution in [2.75, 3.05) is 6.54 Å². The predicted octanol–water partition coefficient (Wildman–Crippen LogP) is 0.549. The number of hydrogen-bond donors (Lipinski definition) is 1. The summed E-state index contributed by atoms with van der Waals surface area (Å²) in [5.74, 6) is 2.67. The molecule has 2 N–H and O–H groups in total. The fourth-order valence-corrected chi connectivity index (χ4v) is 1.65. The maximum absolute atomic E-state index is 11.5. The highest BCUT2D eigenvalue weighted by atomic mass is 16.2. The summed E-state index contributed by atoms with van der Waals surface area (Å²) in [6.45, 7) is 0.183. The van der Waals surface area contributed by atoms with Crippen LogP contribution in [0.4, 0.5) is 4.79 Å². The van der Waals surface area contributed by atoms with Crippen LogP contribution in [0.5, 0.6) is 0 Å². The van der Waals surface area contributed by atoms with Gasteiger partial charge < -0.3 is 5.73 Å². The zero-order chi connectivity index (χ0) is 11.5. The number of aliphatic imine (C=N–C) groups is 1. The Balaban J connectivity index is 2.36. The molecule has 2 amide bonds. The predicted molar refractivity (Wildman–Crippen MR) is 59.5 cm³/mol. The van der Waals surface area contributed by atoms with Crippen LogP contribution in [-0.4, -0.2) is 28.3 Å². The second kappa shape index (κ2) is 4.03. The second-order valence-corrected chi connectivity index (χ2v) is 3.34. The SMILES string of the molecule is C#CCN1C(=O)N=C(N)C1c1cccnc1. The van der Waals surface area contributed by atoms with Crippen molar-refractivity contribution < 1.29 is 4.79 Å². The van der Waals surface area contributed by atoms with Crippen LogP contribution in [0.25, 0.3) is 0 Å². The van der Waals surface area contributed by atoms with E-state index in [1.54, 1.807) is 18.5 Å². The Kier molecular flexibility index (Phi) is 2.56. The maximum atomic E-state index is 11.5. The molecule has 0 aromatic carbocycles. The Morgan fingerprint density at radius 1 is 1.62 bits per heavy atom. The normalized spacial score (nSPS) is 19.4. The number of pyridine rings is 1. The minimum absolute atomic E-state index is 0.183. The molecule has 1 aliphatic rings. The zero-order valence-corrected chi connectivity index (χ0v) is 8.50. The van der Waals surface area contributed by atoms with Gasteiger partial charge in [0, 0.05) is 18.0 Å². The number of rotatable bonds is 2. The van der Waals surface area contributed by atoms with E-state index in [9.17, 15) is 4.79 Å². The summed E-state index contributed by atoms with van der Waals surface area (Å²) in [6, 6.07) is 2.82. The van der Waals surface area contributed by atoms with Crippen molar-refractivity contribution in [3.63, 3.8) is 0 Å². The molecule has 1 aliphatic heterocycles. The molecule has 5 heteroatoms. The van der Waals surface area contributed by atoms with Crippen LogP contribution < -0.4 is 5.73 Å².